The summed E-state index contributed by atoms with van der Waals surface area (Å²) in [4.78, 5) is 30.0. The molecule has 1 saturated heterocycles. The maximum absolute atomic E-state index is 12.4. The second kappa shape index (κ2) is 5.55. The third-order valence-electron chi connectivity index (χ3n) is 3.28. The molecule has 3 rings (SSSR count). The quantitative estimate of drug-likeness (QED) is 0.893. The predicted octanol–water partition coefficient (Wildman–Crippen LogP) is 1.53. The summed E-state index contributed by atoms with van der Waals surface area (Å²) in [6, 6.07) is 2.83. The first-order valence-electron chi connectivity index (χ1n) is 6.27. The van der Waals surface area contributed by atoms with Crippen LogP contribution in [0.3, 0.4) is 0 Å². The number of carboxylic acids is 1. The van der Waals surface area contributed by atoms with Crippen molar-refractivity contribution in [3.05, 3.63) is 28.6 Å². The lowest BCUT2D eigenvalue weighted by Crippen LogP contribution is -2.40. The molecule has 0 spiro atoms. The SMILES string of the molecule is O=C(O)[C@@H]1C[C@H](O)CN1C(=O)c1csc(-c2cccs2)n1. The van der Waals surface area contributed by atoms with E-state index in [0.29, 0.717) is 0 Å². The number of aliphatic hydroxyl groups excluding tert-OH is 1. The molecule has 21 heavy (non-hydrogen) atoms. The first kappa shape index (κ1) is 14.2. The van der Waals surface area contributed by atoms with Crippen LogP contribution in [0.5, 0.6) is 0 Å². The van der Waals surface area contributed by atoms with Gasteiger partial charge in [-0.25, -0.2) is 9.78 Å². The molecule has 1 aliphatic rings. The molecule has 3 heterocycles. The molecule has 6 nitrogen and oxygen atoms in total. The van der Waals surface area contributed by atoms with Crippen molar-refractivity contribution >= 4 is 34.6 Å². The van der Waals surface area contributed by atoms with Crippen LogP contribution in [0, 0.1) is 0 Å². The van der Waals surface area contributed by atoms with Gasteiger partial charge in [0.1, 0.15) is 16.7 Å². The molecule has 1 aliphatic heterocycles. The van der Waals surface area contributed by atoms with E-state index in [1.807, 2.05) is 17.5 Å². The summed E-state index contributed by atoms with van der Waals surface area (Å²) in [5.41, 5.74) is 0.226. The highest BCUT2D eigenvalue weighted by molar-refractivity contribution is 7.20. The van der Waals surface area contributed by atoms with Gasteiger partial charge in [-0.3, -0.25) is 4.79 Å². The van der Waals surface area contributed by atoms with E-state index < -0.39 is 24.0 Å². The molecule has 0 aliphatic carbocycles. The van der Waals surface area contributed by atoms with Crippen LogP contribution in [0.1, 0.15) is 16.9 Å². The maximum Gasteiger partial charge on any atom is 0.326 e. The molecule has 1 amide bonds. The number of carbonyl (C=O) groups excluding carboxylic acids is 1. The number of likely N-dealkylation sites (tertiary alicyclic amines) is 1. The summed E-state index contributed by atoms with van der Waals surface area (Å²) in [5.74, 6) is -1.55. The minimum atomic E-state index is -1.10. The van der Waals surface area contributed by atoms with Gasteiger partial charge in [0.25, 0.3) is 5.91 Å². The molecule has 2 N–H and O–H groups in total. The van der Waals surface area contributed by atoms with Crippen molar-refractivity contribution in [1.82, 2.24) is 9.88 Å². The number of rotatable bonds is 3. The Bertz CT molecular complexity index is 668. The van der Waals surface area contributed by atoms with Crippen molar-refractivity contribution in [3.63, 3.8) is 0 Å². The Morgan fingerprint density at radius 3 is 2.86 bits per heavy atom. The minimum absolute atomic E-state index is 0.0294. The van der Waals surface area contributed by atoms with Gasteiger partial charge in [-0.2, -0.15) is 0 Å². The molecule has 0 saturated carbocycles. The van der Waals surface area contributed by atoms with Crippen molar-refractivity contribution in [2.75, 3.05) is 6.54 Å². The molecule has 2 aromatic heterocycles. The number of aliphatic hydroxyl groups is 1. The zero-order chi connectivity index (χ0) is 15.0. The van der Waals surface area contributed by atoms with Crippen LogP contribution in [-0.2, 0) is 4.79 Å². The molecule has 1 fully saturated rings. The zero-order valence-corrected chi connectivity index (χ0v) is 12.4. The number of carboxylic acid groups (broad SMARTS) is 1. The normalized spacial score (nSPS) is 21.7. The molecular weight excluding hydrogens is 312 g/mol. The van der Waals surface area contributed by atoms with E-state index in [2.05, 4.69) is 4.98 Å². The summed E-state index contributed by atoms with van der Waals surface area (Å²) < 4.78 is 0. The largest absolute Gasteiger partial charge is 0.480 e. The molecule has 0 bridgehead atoms. The second-order valence-electron chi connectivity index (χ2n) is 4.72. The lowest BCUT2D eigenvalue weighted by atomic mass is 10.2. The van der Waals surface area contributed by atoms with Gasteiger partial charge >= 0.3 is 5.97 Å². The number of thiazole rings is 1. The highest BCUT2D eigenvalue weighted by atomic mass is 32.1. The lowest BCUT2D eigenvalue weighted by Gasteiger charge is -2.19. The summed E-state index contributed by atoms with van der Waals surface area (Å²) in [7, 11) is 0. The van der Waals surface area contributed by atoms with Crippen molar-refractivity contribution < 1.29 is 19.8 Å². The molecular formula is C13H12N2O4S2. The van der Waals surface area contributed by atoms with Crippen LogP contribution in [0.4, 0.5) is 0 Å². The number of β-amino-alcohol motifs (C(OH)–C–C–N with tert-alkyl or cyclic N) is 1. The smallest absolute Gasteiger partial charge is 0.326 e. The topological polar surface area (TPSA) is 90.7 Å². The maximum atomic E-state index is 12.4. The minimum Gasteiger partial charge on any atom is -0.480 e. The predicted molar refractivity (Wildman–Crippen MR) is 78.5 cm³/mol. The van der Waals surface area contributed by atoms with Crippen LogP contribution in [0.25, 0.3) is 9.88 Å². The molecule has 2 atom stereocenters. The Balaban J connectivity index is 1.83. The summed E-state index contributed by atoms with van der Waals surface area (Å²) >= 11 is 2.87. The van der Waals surface area contributed by atoms with Crippen molar-refractivity contribution in [2.45, 2.75) is 18.6 Å². The highest BCUT2D eigenvalue weighted by Gasteiger charge is 2.39. The summed E-state index contributed by atoms with van der Waals surface area (Å²) in [5, 5.41) is 23.0. The zero-order valence-electron chi connectivity index (χ0n) is 10.8. The number of aromatic nitrogens is 1. The third-order valence-corrected chi connectivity index (χ3v) is 5.16. The van der Waals surface area contributed by atoms with E-state index in [1.54, 1.807) is 5.38 Å². The molecule has 0 radical (unpaired) electrons. The van der Waals surface area contributed by atoms with E-state index >= 15 is 0 Å². The first-order valence-corrected chi connectivity index (χ1v) is 8.03. The van der Waals surface area contributed by atoms with E-state index in [9.17, 15) is 14.7 Å². The van der Waals surface area contributed by atoms with Crippen molar-refractivity contribution in [1.29, 1.82) is 0 Å². The van der Waals surface area contributed by atoms with Gasteiger partial charge in [-0.1, -0.05) is 6.07 Å². The van der Waals surface area contributed by atoms with E-state index in [0.717, 1.165) is 9.88 Å². The fourth-order valence-electron chi connectivity index (χ4n) is 2.30. The van der Waals surface area contributed by atoms with Crippen LogP contribution in [0.15, 0.2) is 22.9 Å². The Morgan fingerprint density at radius 1 is 1.38 bits per heavy atom. The van der Waals surface area contributed by atoms with Gasteiger partial charge in [-0.05, 0) is 11.4 Å². The summed E-state index contributed by atoms with van der Waals surface area (Å²) in [6.07, 6.45) is -0.742. The monoisotopic (exact) mass is 324 g/mol. The van der Waals surface area contributed by atoms with Gasteiger partial charge in [-0.15, -0.1) is 22.7 Å². The molecule has 0 aromatic carbocycles. The lowest BCUT2D eigenvalue weighted by molar-refractivity contribution is -0.141. The number of hydrogen-bond acceptors (Lipinski definition) is 6. The average Bonchev–Trinajstić information content (AvgIpc) is 3.17. The first-order chi connectivity index (χ1) is 10.1. The molecule has 2 aromatic rings. The van der Waals surface area contributed by atoms with E-state index in [-0.39, 0.29) is 18.7 Å². The number of hydrogen-bond donors (Lipinski definition) is 2. The number of amides is 1. The van der Waals surface area contributed by atoms with Crippen LogP contribution >= 0.6 is 22.7 Å². The van der Waals surface area contributed by atoms with E-state index in [4.69, 9.17) is 5.11 Å². The van der Waals surface area contributed by atoms with Crippen molar-refractivity contribution in [3.8, 4) is 9.88 Å². The van der Waals surface area contributed by atoms with Crippen LogP contribution in [0.2, 0.25) is 0 Å². The van der Waals surface area contributed by atoms with Crippen LogP contribution in [-0.4, -0.2) is 50.7 Å². The fraction of sp³-hybridized carbons (Fsp3) is 0.308. The molecule has 0 unspecified atom stereocenters. The third kappa shape index (κ3) is 2.69. The van der Waals surface area contributed by atoms with Gasteiger partial charge in [0.2, 0.25) is 0 Å². The Hall–Kier alpha value is -1.77. The molecule has 110 valence electrons. The van der Waals surface area contributed by atoms with Crippen molar-refractivity contribution in [2.24, 2.45) is 0 Å². The Morgan fingerprint density at radius 2 is 2.19 bits per heavy atom. The highest BCUT2D eigenvalue weighted by Crippen LogP contribution is 2.29. The Labute approximate surface area is 128 Å². The van der Waals surface area contributed by atoms with Gasteiger partial charge in [0, 0.05) is 18.3 Å². The average molecular weight is 324 g/mol. The number of aliphatic carboxylic acids is 1. The standard InChI is InChI=1S/C13H12N2O4S2/c16-7-4-9(13(18)19)15(5-7)12(17)8-6-21-11(14-8)10-2-1-3-20-10/h1-3,6-7,9,16H,4-5H2,(H,18,19)/t7-,9-/m0/s1. The fourth-order valence-corrected chi connectivity index (χ4v) is 3.91. The van der Waals surface area contributed by atoms with Gasteiger partial charge in [0.05, 0.1) is 11.0 Å². The van der Waals surface area contributed by atoms with Gasteiger partial charge in [0.15, 0.2) is 0 Å². The second-order valence-corrected chi connectivity index (χ2v) is 6.52. The number of carbonyl (C=O) groups is 2. The number of nitrogens with zero attached hydrogens (tertiary/aromatic N) is 2. The Kier molecular flexibility index (Phi) is 3.75. The van der Waals surface area contributed by atoms with Crippen LogP contribution < -0.4 is 0 Å². The number of thiophene rings is 1. The molecule has 8 heteroatoms. The van der Waals surface area contributed by atoms with E-state index in [1.165, 1.54) is 27.6 Å². The van der Waals surface area contributed by atoms with Gasteiger partial charge < -0.3 is 15.1 Å². The summed E-state index contributed by atoms with van der Waals surface area (Å²) in [6.45, 7) is 0.0294.